The second-order valence-corrected chi connectivity index (χ2v) is 13.7. The summed E-state index contributed by atoms with van der Waals surface area (Å²) in [5.41, 5.74) is 16.4. The van der Waals surface area contributed by atoms with E-state index in [1.807, 2.05) is 0 Å². The molecule has 0 radical (unpaired) electrons. The number of nitrogens with zero attached hydrogens (tertiary/aromatic N) is 2. The van der Waals surface area contributed by atoms with Crippen LogP contribution in [0, 0.1) is 0 Å². The molecule has 1 aliphatic carbocycles. The predicted octanol–water partition coefficient (Wildman–Crippen LogP) is 12.7. The third-order valence-corrected chi connectivity index (χ3v) is 11.0. The van der Waals surface area contributed by atoms with E-state index in [2.05, 4.69) is 197 Å². The van der Waals surface area contributed by atoms with Crippen molar-refractivity contribution in [3.8, 4) is 33.6 Å². The first-order valence-electron chi connectivity index (χ1n) is 17.7. The Labute approximate surface area is 296 Å². The molecule has 10 aromatic rings. The summed E-state index contributed by atoms with van der Waals surface area (Å²) in [6.45, 7) is 0. The van der Waals surface area contributed by atoms with E-state index in [0.29, 0.717) is 0 Å². The number of hydrogen-bond acceptors (Lipinski definition) is 0. The van der Waals surface area contributed by atoms with Crippen molar-refractivity contribution in [2.24, 2.45) is 0 Å². The zero-order valence-corrected chi connectivity index (χ0v) is 27.9. The number of benzene rings is 8. The normalized spacial score (nSPS) is 13.7. The molecule has 0 saturated carbocycles. The van der Waals surface area contributed by atoms with Gasteiger partial charge in [-0.25, -0.2) is 0 Å². The zero-order valence-electron chi connectivity index (χ0n) is 27.9. The van der Waals surface area contributed by atoms with Crippen molar-refractivity contribution in [3.63, 3.8) is 0 Å². The van der Waals surface area contributed by atoms with Crippen molar-refractivity contribution in [1.29, 1.82) is 0 Å². The minimum atomic E-state index is 0.207. The standard InChI is InChI=1S/C49H32N2/c1-4-16-32(17-5-1)46-38-24-11-10-22-36(38)41-30-33(28-29-39(41)46)47-48-40-25-13-15-27-44(40)50(34-18-6-2-7-19-34)45(48)31-42-37-23-12-14-26-43(37)51(49(42)47)35-20-8-3-9-21-35/h1-31,46H. The highest BCUT2D eigenvalue weighted by Gasteiger charge is 2.31. The van der Waals surface area contributed by atoms with Gasteiger partial charge < -0.3 is 9.13 Å². The Morgan fingerprint density at radius 3 is 1.69 bits per heavy atom. The monoisotopic (exact) mass is 648 g/mol. The maximum Gasteiger partial charge on any atom is 0.0627 e. The molecule has 0 fully saturated rings. The summed E-state index contributed by atoms with van der Waals surface area (Å²) in [5, 5.41) is 5.02. The van der Waals surface area contributed by atoms with Crippen molar-refractivity contribution in [3.05, 3.63) is 205 Å². The molecular weight excluding hydrogens is 617 g/mol. The number of hydrogen-bond donors (Lipinski definition) is 0. The summed E-state index contributed by atoms with van der Waals surface area (Å²) in [4.78, 5) is 0. The van der Waals surface area contributed by atoms with E-state index < -0.39 is 0 Å². The summed E-state index contributed by atoms with van der Waals surface area (Å²) in [5.74, 6) is 0.207. The molecule has 51 heavy (non-hydrogen) atoms. The molecule has 0 spiro atoms. The third kappa shape index (κ3) is 4.05. The van der Waals surface area contributed by atoms with E-state index in [0.717, 1.165) is 11.4 Å². The first-order valence-corrected chi connectivity index (χ1v) is 17.7. The van der Waals surface area contributed by atoms with Crippen LogP contribution in [0.1, 0.15) is 22.6 Å². The first kappa shape index (κ1) is 28.2. The number of fused-ring (bicyclic) bond motifs is 9. The molecule has 11 rings (SSSR count). The molecule has 2 aromatic heterocycles. The Morgan fingerprint density at radius 1 is 0.373 bits per heavy atom. The first-order chi connectivity index (χ1) is 25.3. The molecule has 0 bridgehead atoms. The average molecular weight is 649 g/mol. The topological polar surface area (TPSA) is 9.86 Å². The summed E-state index contributed by atoms with van der Waals surface area (Å²) < 4.78 is 4.94. The van der Waals surface area contributed by atoms with Gasteiger partial charge in [-0.3, -0.25) is 0 Å². The van der Waals surface area contributed by atoms with Crippen LogP contribution >= 0.6 is 0 Å². The lowest BCUT2D eigenvalue weighted by molar-refractivity contribution is 1.02. The molecule has 2 nitrogen and oxygen atoms in total. The highest BCUT2D eigenvalue weighted by Crippen LogP contribution is 2.52. The van der Waals surface area contributed by atoms with Crippen LogP contribution in [-0.4, -0.2) is 9.13 Å². The number of para-hydroxylation sites is 4. The van der Waals surface area contributed by atoms with E-state index in [9.17, 15) is 0 Å². The molecule has 1 aliphatic rings. The molecule has 238 valence electrons. The van der Waals surface area contributed by atoms with Crippen LogP contribution in [0.15, 0.2) is 188 Å². The van der Waals surface area contributed by atoms with Gasteiger partial charge in [0.05, 0.1) is 22.1 Å². The van der Waals surface area contributed by atoms with Crippen LogP contribution in [0.25, 0.3) is 77.2 Å². The third-order valence-electron chi connectivity index (χ3n) is 11.0. The fourth-order valence-electron chi connectivity index (χ4n) is 8.92. The van der Waals surface area contributed by atoms with E-state index in [4.69, 9.17) is 0 Å². The quantitative estimate of drug-likeness (QED) is 0.180. The van der Waals surface area contributed by atoms with Gasteiger partial charge in [0.2, 0.25) is 0 Å². The Bertz CT molecular complexity index is 2940. The van der Waals surface area contributed by atoms with Crippen LogP contribution in [-0.2, 0) is 0 Å². The van der Waals surface area contributed by atoms with Gasteiger partial charge in [0.25, 0.3) is 0 Å². The highest BCUT2D eigenvalue weighted by molar-refractivity contribution is 6.27. The molecule has 0 N–H and O–H groups in total. The van der Waals surface area contributed by atoms with E-state index in [1.165, 1.54) is 82.6 Å². The minimum absolute atomic E-state index is 0.207. The molecule has 0 amide bonds. The van der Waals surface area contributed by atoms with Crippen molar-refractivity contribution in [2.75, 3.05) is 0 Å². The van der Waals surface area contributed by atoms with Gasteiger partial charge >= 0.3 is 0 Å². The smallest absolute Gasteiger partial charge is 0.0627 e. The average Bonchev–Trinajstić information content (AvgIpc) is 3.83. The predicted molar refractivity (Wildman–Crippen MR) is 213 cm³/mol. The highest BCUT2D eigenvalue weighted by atomic mass is 15.0. The van der Waals surface area contributed by atoms with E-state index in [-0.39, 0.29) is 5.92 Å². The van der Waals surface area contributed by atoms with Gasteiger partial charge in [0.15, 0.2) is 0 Å². The summed E-state index contributed by atoms with van der Waals surface area (Å²) in [6.07, 6.45) is 0. The lowest BCUT2D eigenvalue weighted by Gasteiger charge is -2.17. The minimum Gasteiger partial charge on any atom is -0.309 e. The Morgan fingerprint density at radius 2 is 0.941 bits per heavy atom. The van der Waals surface area contributed by atoms with Gasteiger partial charge in [-0.1, -0.05) is 140 Å². The Kier molecular flexibility index (Phi) is 6.05. The summed E-state index contributed by atoms with van der Waals surface area (Å²) in [6, 6.07) is 69.1. The lowest BCUT2D eigenvalue weighted by atomic mass is 9.88. The largest absolute Gasteiger partial charge is 0.309 e. The number of aromatic nitrogens is 2. The fraction of sp³-hybridized carbons (Fsp3) is 0.0204. The van der Waals surface area contributed by atoms with Crippen LogP contribution < -0.4 is 0 Å². The van der Waals surface area contributed by atoms with E-state index >= 15 is 0 Å². The Balaban J connectivity index is 1.33. The molecule has 2 heteroatoms. The van der Waals surface area contributed by atoms with Gasteiger partial charge in [0, 0.05) is 44.4 Å². The van der Waals surface area contributed by atoms with Crippen LogP contribution in [0.5, 0.6) is 0 Å². The molecular formula is C49H32N2. The molecule has 1 atom stereocenters. The van der Waals surface area contributed by atoms with Crippen molar-refractivity contribution in [2.45, 2.75) is 5.92 Å². The fourth-order valence-corrected chi connectivity index (χ4v) is 8.92. The molecule has 0 aliphatic heterocycles. The summed E-state index contributed by atoms with van der Waals surface area (Å²) >= 11 is 0. The van der Waals surface area contributed by atoms with Gasteiger partial charge in [-0.05, 0) is 81.9 Å². The SMILES string of the molecule is c1ccc(C2c3ccccc3-c3cc(-c4c5c6ccccc6n(-c6ccccc6)c5cc5c6ccccc6n(-c6ccccc6)c45)ccc32)cc1. The second kappa shape index (κ2) is 10.9. The van der Waals surface area contributed by atoms with Gasteiger partial charge in [0.1, 0.15) is 0 Å². The maximum atomic E-state index is 2.49. The zero-order chi connectivity index (χ0) is 33.5. The second-order valence-electron chi connectivity index (χ2n) is 13.7. The van der Waals surface area contributed by atoms with Crippen molar-refractivity contribution >= 4 is 43.6 Å². The molecule has 1 unspecified atom stereocenters. The van der Waals surface area contributed by atoms with Crippen LogP contribution in [0.2, 0.25) is 0 Å². The maximum absolute atomic E-state index is 2.49. The van der Waals surface area contributed by atoms with Crippen LogP contribution in [0.3, 0.4) is 0 Å². The number of rotatable bonds is 4. The summed E-state index contributed by atoms with van der Waals surface area (Å²) in [7, 11) is 0. The Hall–Kier alpha value is -6.64. The van der Waals surface area contributed by atoms with Crippen LogP contribution in [0.4, 0.5) is 0 Å². The molecule has 0 saturated heterocycles. The van der Waals surface area contributed by atoms with Gasteiger partial charge in [-0.2, -0.15) is 0 Å². The van der Waals surface area contributed by atoms with Gasteiger partial charge in [-0.15, -0.1) is 0 Å². The molecule has 8 aromatic carbocycles. The molecule has 2 heterocycles. The lowest BCUT2D eigenvalue weighted by Crippen LogP contribution is -1.99. The van der Waals surface area contributed by atoms with E-state index in [1.54, 1.807) is 0 Å². The van der Waals surface area contributed by atoms with Crippen molar-refractivity contribution < 1.29 is 0 Å². The van der Waals surface area contributed by atoms with Crippen molar-refractivity contribution in [1.82, 2.24) is 9.13 Å².